The van der Waals surface area contributed by atoms with Gasteiger partial charge in [-0.25, -0.2) is 0 Å². The standard InChI is InChI=1S/C16H18N4O/c17-9-4-10-19(15-5-2-1-3-6-15)11-12-20-13-14(18)7-8-16(20)21/h1-3,5-8,13H,4,10-12,18H2. The fraction of sp³-hybridized carbons (Fsp3) is 0.250. The molecule has 0 spiro atoms. The number of pyridine rings is 1. The van der Waals surface area contributed by atoms with Crippen molar-refractivity contribution < 1.29 is 0 Å². The summed E-state index contributed by atoms with van der Waals surface area (Å²) in [6.07, 6.45) is 2.09. The van der Waals surface area contributed by atoms with Crippen molar-refractivity contribution in [3.05, 3.63) is 59.0 Å². The van der Waals surface area contributed by atoms with E-state index in [-0.39, 0.29) is 5.56 Å². The van der Waals surface area contributed by atoms with Crippen LogP contribution in [0.3, 0.4) is 0 Å². The molecule has 0 aliphatic heterocycles. The summed E-state index contributed by atoms with van der Waals surface area (Å²) in [6.45, 7) is 1.82. The van der Waals surface area contributed by atoms with E-state index in [4.69, 9.17) is 11.0 Å². The number of rotatable bonds is 6. The summed E-state index contributed by atoms with van der Waals surface area (Å²) < 4.78 is 1.59. The van der Waals surface area contributed by atoms with Gasteiger partial charge in [0.2, 0.25) is 0 Å². The number of nitrogens with zero attached hydrogens (tertiary/aromatic N) is 3. The molecule has 0 saturated carbocycles. The third-order valence-corrected chi connectivity index (χ3v) is 3.23. The lowest BCUT2D eigenvalue weighted by atomic mass is 10.2. The van der Waals surface area contributed by atoms with Gasteiger partial charge in [0.1, 0.15) is 0 Å². The molecule has 0 amide bonds. The highest BCUT2D eigenvalue weighted by molar-refractivity contribution is 5.46. The molecule has 0 unspecified atom stereocenters. The molecule has 21 heavy (non-hydrogen) atoms. The Hall–Kier alpha value is -2.74. The topological polar surface area (TPSA) is 75.1 Å². The van der Waals surface area contributed by atoms with Crippen molar-refractivity contribution in [2.24, 2.45) is 0 Å². The first-order chi connectivity index (χ1) is 10.2. The van der Waals surface area contributed by atoms with Crippen molar-refractivity contribution in [3.63, 3.8) is 0 Å². The first kappa shape index (κ1) is 14.7. The predicted molar refractivity (Wildman–Crippen MR) is 84.0 cm³/mol. The van der Waals surface area contributed by atoms with Crippen molar-refractivity contribution in [1.29, 1.82) is 5.26 Å². The minimum Gasteiger partial charge on any atom is -0.398 e. The first-order valence-corrected chi connectivity index (χ1v) is 6.83. The molecule has 2 rings (SSSR count). The first-order valence-electron chi connectivity index (χ1n) is 6.83. The fourth-order valence-corrected chi connectivity index (χ4v) is 2.15. The van der Waals surface area contributed by atoms with Crippen LogP contribution in [0.5, 0.6) is 0 Å². The molecule has 0 saturated heterocycles. The van der Waals surface area contributed by atoms with Gasteiger partial charge in [-0.1, -0.05) is 18.2 Å². The van der Waals surface area contributed by atoms with E-state index in [2.05, 4.69) is 11.0 Å². The van der Waals surface area contributed by atoms with Crippen LogP contribution in [0.2, 0.25) is 0 Å². The number of aromatic nitrogens is 1. The maximum atomic E-state index is 11.8. The van der Waals surface area contributed by atoms with Crippen LogP contribution in [-0.2, 0) is 6.54 Å². The third kappa shape index (κ3) is 4.11. The van der Waals surface area contributed by atoms with Gasteiger partial charge in [0.25, 0.3) is 5.56 Å². The number of nitrogen functional groups attached to an aromatic ring is 1. The van der Waals surface area contributed by atoms with Crippen LogP contribution in [0, 0.1) is 11.3 Å². The Labute approximate surface area is 123 Å². The van der Waals surface area contributed by atoms with Gasteiger partial charge < -0.3 is 15.2 Å². The summed E-state index contributed by atoms with van der Waals surface area (Å²) in [4.78, 5) is 13.9. The van der Waals surface area contributed by atoms with Gasteiger partial charge in [-0.05, 0) is 18.2 Å². The monoisotopic (exact) mass is 282 g/mol. The Balaban J connectivity index is 2.11. The van der Waals surface area contributed by atoms with E-state index in [1.807, 2.05) is 30.3 Å². The van der Waals surface area contributed by atoms with Crippen molar-refractivity contribution in [3.8, 4) is 6.07 Å². The summed E-state index contributed by atoms with van der Waals surface area (Å²) in [5, 5.41) is 8.78. The SMILES string of the molecule is N#CCCN(CCn1cc(N)ccc1=O)c1ccccc1. The van der Waals surface area contributed by atoms with E-state index in [0.717, 1.165) is 5.69 Å². The molecule has 108 valence electrons. The van der Waals surface area contributed by atoms with Gasteiger partial charge in [0.05, 0.1) is 12.5 Å². The lowest BCUT2D eigenvalue weighted by Crippen LogP contribution is -2.31. The van der Waals surface area contributed by atoms with Crippen molar-refractivity contribution in [1.82, 2.24) is 4.57 Å². The maximum absolute atomic E-state index is 11.8. The minimum atomic E-state index is -0.0718. The van der Waals surface area contributed by atoms with Gasteiger partial charge in [-0.3, -0.25) is 4.79 Å². The summed E-state index contributed by atoms with van der Waals surface area (Å²) in [5.74, 6) is 0. The van der Waals surface area contributed by atoms with Crippen LogP contribution in [0.25, 0.3) is 0 Å². The number of hydrogen-bond donors (Lipinski definition) is 1. The van der Waals surface area contributed by atoms with Crippen molar-refractivity contribution in [2.75, 3.05) is 23.7 Å². The number of nitriles is 1. The smallest absolute Gasteiger partial charge is 0.250 e. The van der Waals surface area contributed by atoms with E-state index < -0.39 is 0 Å². The van der Waals surface area contributed by atoms with Crippen LogP contribution >= 0.6 is 0 Å². The normalized spacial score (nSPS) is 10.0. The lowest BCUT2D eigenvalue weighted by molar-refractivity contribution is 0.640. The highest BCUT2D eigenvalue weighted by atomic mass is 16.1. The zero-order valence-electron chi connectivity index (χ0n) is 11.8. The Morgan fingerprint density at radius 1 is 1.14 bits per heavy atom. The molecule has 1 aromatic carbocycles. The van der Waals surface area contributed by atoms with Gasteiger partial charge in [0, 0.05) is 43.3 Å². The summed E-state index contributed by atoms with van der Waals surface area (Å²) in [6, 6.07) is 15.1. The number of hydrogen-bond acceptors (Lipinski definition) is 4. The number of anilines is 2. The van der Waals surface area contributed by atoms with E-state index in [0.29, 0.717) is 31.7 Å². The molecule has 2 aromatic rings. The minimum absolute atomic E-state index is 0.0718. The molecular weight excluding hydrogens is 264 g/mol. The van der Waals surface area contributed by atoms with E-state index in [9.17, 15) is 4.79 Å². The van der Waals surface area contributed by atoms with E-state index >= 15 is 0 Å². The van der Waals surface area contributed by atoms with E-state index in [1.165, 1.54) is 6.07 Å². The van der Waals surface area contributed by atoms with Crippen LogP contribution in [0.1, 0.15) is 6.42 Å². The Morgan fingerprint density at radius 3 is 2.62 bits per heavy atom. The molecule has 5 heteroatoms. The molecule has 0 atom stereocenters. The second kappa shape index (κ2) is 7.15. The highest BCUT2D eigenvalue weighted by Gasteiger charge is 2.06. The molecule has 0 aliphatic carbocycles. The molecule has 5 nitrogen and oxygen atoms in total. The number of benzene rings is 1. The Bertz CT molecular complexity index is 673. The summed E-state index contributed by atoms with van der Waals surface area (Å²) in [7, 11) is 0. The predicted octanol–water partition coefficient (Wildman–Crippen LogP) is 1.85. The second-order valence-electron chi connectivity index (χ2n) is 4.72. The van der Waals surface area contributed by atoms with Crippen LogP contribution in [0.15, 0.2) is 53.5 Å². The quantitative estimate of drug-likeness (QED) is 0.877. The van der Waals surface area contributed by atoms with Gasteiger partial charge in [-0.15, -0.1) is 0 Å². The van der Waals surface area contributed by atoms with E-state index in [1.54, 1.807) is 16.8 Å². The van der Waals surface area contributed by atoms with Crippen LogP contribution in [0.4, 0.5) is 11.4 Å². The summed E-state index contributed by atoms with van der Waals surface area (Å²) in [5.41, 5.74) is 7.25. The van der Waals surface area contributed by atoms with Crippen LogP contribution in [-0.4, -0.2) is 17.7 Å². The van der Waals surface area contributed by atoms with Gasteiger partial charge in [0.15, 0.2) is 0 Å². The van der Waals surface area contributed by atoms with Crippen molar-refractivity contribution >= 4 is 11.4 Å². The Morgan fingerprint density at radius 2 is 1.90 bits per heavy atom. The second-order valence-corrected chi connectivity index (χ2v) is 4.72. The lowest BCUT2D eigenvalue weighted by Gasteiger charge is -2.24. The molecule has 1 aromatic heterocycles. The largest absolute Gasteiger partial charge is 0.398 e. The molecule has 0 fully saturated rings. The Kier molecular flexibility index (Phi) is 4.99. The number of nitrogens with two attached hydrogens (primary N) is 1. The average molecular weight is 282 g/mol. The average Bonchev–Trinajstić information content (AvgIpc) is 2.51. The molecule has 0 bridgehead atoms. The zero-order valence-corrected chi connectivity index (χ0v) is 11.8. The van der Waals surface area contributed by atoms with Crippen LogP contribution < -0.4 is 16.2 Å². The van der Waals surface area contributed by atoms with Crippen molar-refractivity contribution in [2.45, 2.75) is 13.0 Å². The fourth-order valence-electron chi connectivity index (χ4n) is 2.15. The van der Waals surface area contributed by atoms with Gasteiger partial charge in [-0.2, -0.15) is 5.26 Å². The summed E-state index contributed by atoms with van der Waals surface area (Å²) >= 11 is 0. The van der Waals surface area contributed by atoms with Gasteiger partial charge >= 0.3 is 0 Å². The zero-order chi connectivity index (χ0) is 15.1. The molecular formula is C16H18N4O. The molecule has 0 aliphatic rings. The molecule has 2 N–H and O–H groups in total. The third-order valence-electron chi connectivity index (χ3n) is 3.23. The molecule has 1 heterocycles. The molecule has 0 radical (unpaired) electrons. The maximum Gasteiger partial charge on any atom is 0.250 e. The highest BCUT2D eigenvalue weighted by Crippen LogP contribution is 2.13. The number of para-hydroxylation sites is 1.